The van der Waals surface area contributed by atoms with E-state index in [-0.39, 0.29) is 48.4 Å². The molecule has 5 rings (SSSR count). The molecular formula is C43H63F2N5O6. The average Bonchev–Trinajstić information content (AvgIpc) is 3.83. The Bertz CT molecular complexity index is 1560. The number of nitrogens with zero attached hydrogens (tertiary/aromatic N) is 3. The van der Waals surface area contributed by atoms with Crippen LogP contribution in [-0.2, 0) is 38.9 Å². The van der Waals surface area contributed by atoms with E-state index < -0.39 is 11.5 Å². The number of carbonyl (C=O) groups is 4. The number of carbonyl (C=O) groups excluding carboxylic acids is 4. The first-order valence-corrected chi connectivity index (χ1v) is 18.9. The molecule has 4 atom stereocenters. The second-order valence-electron chi connectivity index (χ2n) is 14.2. The van der Waals surface area contributed by atoms with E-state index in [9.17, 15) is 28.0 Å². The lowest BCUT2D eigenvalue weighted by Gasteiger charge is -2.36. The summed E-state index contributed by atoms with van der Waals surface area (Å²) in [6.45, 7) is 14.3. The van der Waals surface area contributed by atoms with Gasteiger partial charge in [-0.1, -0.05) is 107 Å². The van der Waals surface area contributed by atoms with Gasteiger partial charge in [0.15, 0.2) is 0 Å². The molecule has 0 spiro atoms. The van der Waals surface area contributed by atoms with Crippen LogP contribution in [0, 0.1) is 11.2 Å². The highest BCUT2D eigenvalue weighted by atomic mass is 19.1. The first-order valence-electron chi connectivity index (χ1n) is 18.9. The summed E-state index contributed by atoms with van der Waals surface area (Å²) in [4.78, 5) is 54.6. The van der Waals surface area contributed by atoms with E-state index in [1.54, 1.807) is 12.1 Å². The first kappa shape index (κ1) is 49.1. The molecule has 3 aromatic carbocycles. The molecule has 2 aliphatic rings. The van der Waals surface area contributed by atoms with Crippen LogP contribution in [0.15, 0.2) is 84.9 Å². The molecule has 56 heavy (non-hydrogen) atoms. The highest BCUT2D eigenvalue weighted by molar-refractivity contribution is 5.90. The van der Waals surface area contributed by atoms with Crippen molar-refractivity contribution < 1.29 is 37.8 Å². The molecule has 310 valence electrons. The summed E-state index contributed by atoms with van der Waals surface area (Å²) in [6, 6.07) is 24.1. The summed E-state index contributed by atoms with van der Waals surface area (Å²) in [5.41, 5.74) is 2.37. The van der Waals surface area contributed by atoms with Crippen molar-refractivity contribution in [2.45, 2.75) is 98.3 Å². The number of nitrogens with one attached hydrogen (secondary N) is 2. The van der Waals surface area contributed by atoms with E-state index in [1.165, 1.54) is 12.1 Å². The van der Waals surface area contributed by atoms with Gasteiger partial charge in [-0.3, -0.25) is 23.7 Å². The second-order valence-corrected chi connectivity index (χ2v) is 14.2. The van der Waals surface area contributed by atoms with Crippen LogP contribution >= 0.6 is 0 Å². The number of hydrogen-bond acceptors (Lipinski definition) is 7. The zero-order valence-corrected chi connectivity index (χ0v) is 34.5. The SMILES string of the molecule is CC.CF.C[C@@H](C(=O)NC(C(=O)N1CCC2C1CCN2C(=O)NCc1ccccc1)C(C)(C)C)N(C)C.O=COCc1ccccc1.OCc1ccc(F)cc1. The Hall–Kier alpha value is -4.88. The maximum absolute atomic E-state index is 13.6. The standard InChI is InChI=1S/C25H39N5O3.C8H8O2.C7H7FO.C2H6.CH3F/c1-17(28(5)6)22(31)27-21(25(2,3)4)23(32)29-14-12-20-19(29)13-15-30(20)24(33)26-16-18-10-8-7-9-11-18;9-7-10-6-8-4-2-1-3-5-8;8-7-3-1-6(5-9)2-4-7;2*1-2/h7-11,17,19-21H,12-16H2,1-6H3,(H,26,33)(H,27,31);1-5,7H,6H2;1-4,9H,5H2;1-2H3;1H3/t17-,19?,20?,21?;;;;/m0..../s1. The maximum Gasteiger partial charge on any atom is 0.317 e. The number of halogens is 2. The first-order chi connectivity index (χ1) is 26.8. The van der Waals surface area contributed by atoms with Crippen molar-refractivity contribution in [3.63, 3.8) is 0 Å². The monoisotopic (exact) mass is 783 g/mol. The minimum Gasteiger partial charge on any atom is -0.463 e. The minimum absolute atomic E-state index is 0.00648. The van der Waals surface area contributed by atoms with Crippen LogP contribution in [-0.4, -0.2) is 103 Å². The molecule has 3 N–H and O–H groups in total. The zero-order chi connectivity index (χ0) is 42.3. The summed E-state index contributed by atoms with van der Waals surface area (Å²) in [6.07, 6.45) is 1.52. The highest BCUT2D eigenvalue weighted by Gasteiger charge is 2.49. The Balaban J connectivity index is 0.000000551. The molecule has 4 amide bonds. The van der Waals surface area contributed by atoms with Gasteiger partial charge in [0.25, 0.3) is 6.47 Å². The van der Waals surface area contributed by atoms with Gasteiger partial charge in [-0.25, -0.2) is 9.18 Å². The van der Waals surface area contributed by atoms with Gasteiger partial charge in [0, 0.05) is 19.6 Å². The van der Waals surface area contributed by atoms with Crippen LogP contribution < -0.4 is 10.6 Å². The van der Waals surface area contributed by atoms with Gasteiger partial charge in [0.05, 0.1) is 31.9 Å². The van der Waals surface area contributed by atoms with Crippen molar-refractivity contribution in [3.05, 3.63) is 107 Å². The smallest absolute Gasteiger partial charge is 0.317 e. The molecule has 11 nitrogen and oxygen atoms in total. The maximum atomic E-state index is 13.6. The van der Waals surface area contributed by atoms with Gasteiger partial charge >= 0.3 is 6.03 Å². The number of fused-ring (bicyclic) bond motifs is 1. The van der Waals surface area contributed by atoms with E-state index in [0.717, 1.165) is 29.5 Å². The molecular weight excluding hydrogens is 720 g/mol. The Labute approximate surface area is 332 Å². The number of aliphatic hydroxyl groups excluding tert-OH is 1. The Morgan fingerprint density at radius 1 is 0.857 bits per heavy atom. The van der Waals surface area contributed by atoms with Crippen LogP contribution in [0.25, 0.3) is 0 Å². The number of rotatable bonds is 10. The zero-order valence-electron chi connectivity index (χ0n) is 34.5. The van der Waals surface area contributed by atoms with Gasteiger partial charge in [0.1, 0.15) is 18.5 Å². The largest absolute Gasteiger partial charge is 0.463 e. The van der Waals surface area contributed by atoms with Crippen LogP contribution in [0.4, 0.5) is 13.6 Å². The fraction of sp³-hybridized carbons (Fsp3) is 0.488. The van der Waals surface area contributed by atoms with Crippen LogP contribution in [0.5, 0.6) is 0 Å². The molecule has 0 bridgehead atoms. The third-order valence-electron chi connectivity index (χ3n) is 9.22. The van der Waals surface area contributed by atoms with Crippen LogP contribution in [0.3, 0.4) is 0 Å². The van der Waals surface area contributed by atoms with Crippen LogP contribution in [0.1, 0.15) is 71.1 Å². The summed E-state index contributed by atoms with van der Waals surface area (Å²) in [7, 11) is 4.19. The molecule has 0 aliphatic carbocycles. The minimum atomic E-state index is -0.618. The fourth-order valence-corrected chi connectivity index (χ4v) is 5.99. The van der Waals surface area contributed by atoms with Crippen molar-refractivity contribution in [3.8, 4) is 0 Å². The topological polar surface area (TPSA) is 132 Å². The third-order valence-corrected chi connectivity index (χ3v) is 9.22. The molecule has 0 radical (unpaired) electrons. The normalized spacial score (nSPS) is 16.4. The van der Waals surface area contributed by atoms with Crippen LogP contribution in [0.2, 0.25) is 0 Å². The van der Waals surface area contributed by atoms with Gasteiger partial charge in [-0.2, -0.15) is 0 Å². The molecule has 2 fully saturated rings. The van der Waals surface area contributed by atoms with Crippen molar-refractivity contribution in [2.75, 3.05) is 34.4 Å². The number of likely N-dealkylation sites (N-methyl/N-ethyl adjacent to an activating group) is 1. The summed E-state index contributed by atoms with van der Waals surface area (Å²) in [5.74, 6) is -0.481. The third kappa shape index (κ3) is 16.1. The molecule has 3 aromatic rings. The molecule has 2 saturated heterocycles. The van der Waals surface area contributed by atoms with Crippen molar-refractivity contribution in [1.29, 1.82) is 0 Å². The Kier molecular flexibility index (Phi) is 22.9. The molecule has 13 heteroatoms. The van der Waals surface area contributed by atoms with Gasteiger partial charge in [-0.05, 0) is 68.1 Å². The number of benzene rings is 3. The van der Waals surface area contributed by atoms with E-state index in [0.29, 0.717) is 39.9 Å². The predicted molar refractivity (Wildman–Crippen MR) is 216 cm³/mol. The van der Waals surface area contributed by atoms with E-state index in [1.807, 2.05) is 131 Å². The van der Waals surface area contributed by atoms with E-state index in [2.05, 4.69) is 15.4 Å². The number of hydrogen-bond donors (Lipinski definition) is 3. The quantitative estimate of drug-likeness (QED) is 0.205. The summed E-state index contributed by atoms with van der Waals surface area (Å²) < 4.78 is 26.2. The number of aliphatic hydroxyl groups is 1. The van der Waals surface area contributed by atoms with Gasteiger partial charge < -0.3 is 30.3 Å². The lowest BCUT2D eigenvalue weighted by Crippen LogP contribution is -2.58. The van der Waals surface area contributed by atoms with Crippen molar-refractivity contribution in [1.82, 2.24) is 25.3 Å². The lowest BCUT2D eigenvalue weighted by atomic mass is 9.85. The number of alkyl halides is 1. The Morgan fingerprint density at radius 2 is 1.36 bits per heavy atom. The summed E-state index contributed by atoms with van der Waals surface area (Å²) in [5, 5.41) is 14.5. The number of amides is 4. The molecule has 2 heterocycles. The van der Waals surface area contributed by atoms with Gasteiger partial charge in [-0.15, -0.1) is 0 Å². The van der Waals surface area contributed by atoms with Crippen molar-refractivity contribution >= 4 is 24.3 Å². The highest BCUT2D eigenvalue weighted by Crippen LogP contribution is 2.34. The number of ether oxygens (including phenoxy) is 1. The molecule has 3 unspecified atom stereocenters. The molecule has 0 saturated carbocycles. The predicted octanol–water partition coefficient (Wildman–Crippen LogP) is 6.34. The number of likely N-dealkylation sites (tertiary alicyclic amines) is 2. The number of urea groups is 1. The molecule has 2 aliphatic heterocycles. The fourth-order valence-electron chi connectivity index (χ4n) is 5.99. The summed E-state index contributed by atoms with van der Waals surface area (Å²) >= 11 is 0. The molecule has 0 aromatic heterocycles. The second kappa shape index (κ2) is 26.1. The van der Waals surface area contributed by atoms with Gasteiger partial charge in [0.2, 0.25) is 11.8 Å². The van der Waals surface area contributed by atoms with Crippen molar-refractivity contribution in [2.24, 2.45) is 5.41 Å². The average molecular weight is 784 g/mol. The lowest BCUT2D eigenvalue weighted by molar-refractivity contribution is -0.141. The van der Waals surface area contributed by atoms with E-state index >= 15 is 0 Å². The van der Waals surface area contributed by atoms with E-state index in [4.69, 9.17) is 5.11 Å². The Morgan fingerprint density at radius 3 is 1.84 bits per heavy atom.